The van der Waals surface area contributed by atoms with Crippen LogP contribution in [0.25, 0.3) is 22.3 Å². The molecule has 0 N–H and O–H groups in total. The standard InChI is InChI=1S/C49H57NO/c1-5-9-14-35(7-3)32-49(33-36(8-4)15-10-6-2)46-30-42(38-20-18-37(34-50)19-21-38)26-28-44(46)45-29-27-43(31-47(45)49)39-22-24-41(25-23-39)48(51)40-16-12-11-13-17-40/h11-13,16-18,20,22-31,35-38H,5-10,14-15,19,21,32-33H2,1-4H3. The lowest BCUT2D eigenvalue weighted by molar-refractivity contribution is 0.103. The normalized spacial score (nSPS) is 20.3. The van der Waals surface area contributed by atoms with E-state index in [0.29, 0.717) is 17.8 Å². The second-order valence-corrected chi connectivity index (χ2v) is 15.5. The maximum atomic E-state index is 13.2. The second kappa shape index (κ2) is 16.9. The molecule has 2 nitrogen and oxygen atoms in total. The zero-order valence-corrected chi connectivity index (χ0v) is 31.5. The minimum Gasteiger partial charge on any atom is -0.289 e. The molecular weight excluding hydrogens is 619 g/mol. The van der Waals surface area contributed by atoms with E-state index in [2.05, 4.69) is 94.4 Å². The van der Waals surface area contributed by atoms with E-state index in [1.807, 2.05) is 42.5 Å². The van der Waals surface area contributed by atoms with Gasteiger partial charge in [0.05, 0.1) is 12.0 Å². The summed E-state index contributed by atoms with van der Waals surface area (Å²) in [7, 11) is 0. The van der Waals surface area contributed by atoms with E-state index in [9.17, 15) is 10.1 Å². The van der Waals surface area contributed by atoms with Gasteiger partial charge in [0.1, 0.15) is 0 Å². The van der Waals surface area contributed by atoms with Gasteiger partial charge in [0.2, 0.25) is 0 Å². The predicted octanol–water partition coefficient (Wildman–Crippen LogP) is 13.6. The highest BCUT2D eigenvalue weighted by molar-refractivity contribution is 6.09. The number of nitriles is 1. The number of ketones is 1. The van der Waals surface area contributed by atoms with Crippen LogP contribution in [0.3, 0.4) is 0 Å². The van der Waals surface area contributed by atoms with Crippen LogP contribution in [0, 0.1) is 29.1 Å². The fraction of sp³-hybridized carbons (Fsp3) is 0.429. The van der Waals surface area contributed by atoms with E-state index in [1.54, 1.807) is 0 Å². The van der Waals surface area contributed by atoms with Crippen molar-refractivity contribution >= 4 is 5.78 Å². The first-order chi connectivity index (χ1) is 24.9. The van der Waals surface area contributed by atoms with Gasteiger partial charge in [0.25, 0.3) is 0 Å². The Kier molecular flexibility index (Phi) is 12.1. The van der Waals surface area contributed by atoms with Gasteiger partial charge in [0.15, 0.2) is 5.78 Å². The predicted molar refractivity (Wildman–Crippen MR) is 214 cm³/mol. The molecular formula is C49H57NO. The van der Waals surface area contributed by atoms with Crippen molar-refractivity contribution < 1.29 is 4.79 Å². The molecule has 2 aliphatic rings. The van der Waals surface area contributed by atoms with Gasteiger partial charge >= 0.3 is 0 Å². The molecule has 4 aromatic carbocycles. The van der Waals surface area contributed by atoms with Gasteiger partial charge in [-0.1, -0.05) is 176 Å². The lowest BCUT2D eigenvalue weighted by Crippen LogP contribution is -2.32. The number of hydrogen-bond donors (Lipinski definition) is 0. The molecule has 0 aliphatic heterocycles. The van der Waals surface area contributed by atoms with Crippen LogP contribution in [0.2, 0.25) is 0 Å². The SMILES string of the molecule is CCCCC(CC)CC1(CC(CC)CCCC)c2cc(-c3ccc(C(=O)c4ccccc4)cc3)ccc2-c2ccc(C3C=CC(C#N)CC3)cc21. The highest BCUT2D eigenvalue weighted by Crippen LogP contribution is 2.57. The van der Waals surface area contributed by atoms with Crippen molar-refractivity contribution in [3.05, 3.63) is 131 Å². The molecule has 0 spiro atoms. The maximum Gasteiger partial charge on any atom is 0.193 e. The molecule has 0 bridgehead atoms. The van der Waals surface area contributed by atoms with E-state index in [0.717, 1.165) is 29.5 Å². The molecule has 4 aromatic rings. The van der Waals surface area contributed by atoms with E-state index >= 15 is 0 Å². The zero-order valence-electron chi connectivity index (χ0n) is 31.5. The fourth-order valence-electron chi connectivity index (χ4n) is 9.09. The first kappa shape index (κ1) is 36.6. The first-order valence-corrected chi connectivity index (χ1v) is 20.0. The van der Waals surface area contributed by atoms with Crippen LogP contribution in [0.4, 0.5) is 0 Å². The topological polar surface area (TPSA) is 40.9 Å². The summed E-state index contributed by atoms with van der Waals surface area (Å²) in [6.07, 6.45) is 18.8. The Balaban J connectivity index is 1.47. The molecule has 0 amide bonds. The third-order valence-electron chi connectivity index (χ3n) is 12.2. The van der Waals surface area contributed by atoms with Crippen LogP contribution >= 0.6 is 0 Å². The summed E-state index contributed by atoms with van der Waals surface area (Å²) in [6, 6.07) is 34.9. The number of nitrogens with zero attached hydrogens (tertiary/aromatic N) is 1. The Bertz CT molecular complexity index is 1820. The Morgan fingerprint density at radius 2 is 1.29 bits per heavy atom. The van der Waals surface area contributed by atoms with E-state index in [-0.39, 0.29) is 17.1 Å². The van der Waals surface area contributed by atoms with E-state index in [1.165, 1.54) is 97.6 Å². The van der Waals surface area contributed by atoms with Crippen LogP contribution in [-0.4, -0.2) is 5.78 Å². The maximum absolute atomic E-state index is 13.2. The second-order valence-electron chi connectivity index (χ2n) is 15.5. The molecule has 2 heteroatoms. The quantitative estimate of drug-likeness (QED) is 0.0876. The highest BCUT2D eigenvalue weighted by Gasteiger charge is 2.45. The summed E-state index contributed by atoms with van der Waals surface area (Å²) in [5, 5.41) is 9.55. The number of benzene rings is 4. The van der Waals surface area contributed by atoms with Crippen LogP contribution < -0.4 is 0 Å². The van der Waals surface area contributed by atoms with Crippen LogP contribution in [0.15, 0.2) is 103 Å². The van der Waals surface area contributed by atoms with Gasteiger partial charge in [0, 0.05) is 22.5 Å². The largest absolute Gasteiger partial charge is 0.289 e. The molecule has 0 saturated heterocycles. The average molecular weight is 676 g/mol. The first-order valence-electron chi connectivity index (χ1n) is 20.0. The summed E-state index contributed by atoms with van der Waals surface area (Å²) in [4.78, 5) is 13.2. The van der Waals surface area contributed by atoms with Crippen molar-refractivity contribution in [1.29, 1.82) is 5.26 Å². The van der Waals surface area contributed by atoms with Gasteiger partial charge in [-0.05, 0) is 82.5 Å². The zero-order chi connectivity index (χ0) is 35.8. The van der Waals surface area contributed by atoms with Crippen molar-refractivity contribution in [2.45, 2.75) is 116 Å². The van der Waals surface area contributed by atoms with Crippen LogP contribution in [-0.2, 0) is 5.41 Å². The van der Waals surface area contributed by atoms with Gasteiger partial charge in [-0.2, -0.15) is 5.26 Å². The van der Waals surface area contributed by atoms with Crippen molar-refractivity contribution in [3.63, 3.8) is 0 Å². The number of carbonyl (C=O) groups is 1. The number of carbonyl (C=O) groups excluding carboxylic acids is 1. The number of unbranched alkanes of at least 4 members (excludes halogenated alkanes) is 2. The molecule has 4 unspecified atom stereocenters. The fourth-order valence-corrected chi connectivity index (χ4v) is 9.09. The molecule has 2 aliphatic carbocycles. The summed E-state index contributed by atoms with van der Waals surface area (Å²) in [6.45, 7) is 9.46. The summed E-state index contributed by atoms with van der Waals surface area (Å²) < 4.78 is 0. The highest BCUT2D eigenvalue weighted by atomic mass is 16.1. The van der Waals surface area contributed by atoms with Crippen LogP contribution in [0.1, 0.15) is 143 Å². The minimum atomic E-state index is -0.0592. The van der Waals surface area contributed by atoms with Gasteiger partial charge < -0.3 is 0 Å². The van der Waals surface area contributed by atoms with Gasteiger partial charge in [-0.3, -0.25) is 4.79 Å². The molecule has 0 radical (unpaired) electrons. The lowest BCUT2D eigenvalue weighted by atomic mass is 9.64. The molecule has 0 aromatic heterocycles. The Morgan fingerprint density at radius 3 is 1.86 bits per heavy atom. The molecule has 0 heterocycles. The molecule has 6 rings (SSSR count). The van der Waals surface area contributed by atoms with Gasteiger partial charge in [-0.15, -0.1) is 0 Å². The van der Waals surface area contributed by atoms with Gasteiger partial charge in [-0.25, -0.2) is 0 Å². The van der Waals surface area contributed by atoms with E-state index in [4.69, 9.17) is 0 Å². The summed E-state index contributed by atoms with van der Waals surface area (Å²) in [5.74, 6) is 1.78. The number of allylic oxidation sites excluding steroid dienone is 2. The molecule has 4 atom stereocenters. The molecule has 264 valence electrons. The summed E-state index contributed by atoms with van der Waals surface area (Å²) in [5.41, 5.74) is 11.0. The Hall–Kier alpha value is -4.22. The molecule has 0 fully saturated rings. The third-order valence-corrected chi connectivity index (χ3v) is 12.2. The molecule has 0 saturated carbocycles. The smallest absolute Gasteiger partial charge is 0.193 e. The minimum absolute atomic E-state index is 0.0377. The average Bonchev–Trinajstić information content (AvgIpc) is 3.45. The lowest BCUT2D eigenvalue weighted by Gasteiger charge is -2.39. The van der Waals surface area contributed by atoms with Crippen LogP contribution in [0.5, 0.6) is 0 Å². The Labute approximate surface area is 308 Å². The Morgan fingerprint density at radius 1 is 0.706 bits per heavy atom. The van der Waals surface area contributed by atoms with Crippen molar-refractivity contribution in [3.8, 4) is 28.3 Å². The van der Waals surface area contributed by atoms with Crippen molar-refractivity contribution in [2.75, 3.05) is 0 Å². The summed E-state index contributed by atoms with van der Waals surface area (Å²) >= 11 is 0. The van der Waals surface area contributed by atoms with E-state index < -0.39 is 0 Å². The van der Waals surface area contributed by atoms with Crippen molar-refractivity contribution in [1.82, 2.24) is 0 Å². The number of hydrogen-bond acceptors (Lipinski definition) is 2. The monoisotopic (exact) mass is 675 g/mol. The van der Waals surface area contributed by atoms with Crippen molar-refractivity contribution in [2.24, 2.45) is 17.8 Å². The third kappa shape index (κ3) is 7.84. The molecule has 51 heavy (non-hydrogen) atoms. The number of rotatable bonds is 16. The number of fused-ring (bicyclic) bond motifs is 3.